The first-order valence-electron chi connectivity index (χ1n) is 5.33. The van der Waals surface area contributed by atoms with Crippen molar-refractivity contribution in [1.29, 1.82) is 0 Å². The summed E-state index contributed by atoms with van der Waals surface area (Å²) in [7, 11) is 0. The van der Waals surface area contributed by atoms with Crippen LogP contribution in [-0.2, 0) is 4.79 Å². The molecular weight excluding hydrogens is 286 g/mol. The number of thiazole rings is 1. The molecule has 0 aromatic carbocycles. The molecular formula is C11H11N3O3S2. The highest BCUT2D eigenvalue weighted by atomic mass is 32.1. The van der Waals surface area contributed by atoms with Crippen LogP contribution in [0.3, 0.4) is 0 Å². The molecule has 0 bridgehead atoms. The van der Waals surface area contributed by atoms with Crippen LogP contribution in [0, 0.1) is 0 Å². The zero-order chi connectivity index (χ0) is 13.8. The Bertz CT molecular complexity index is 580. The lowest BCUT2D eigenvalue weighted by atomic mass is 10.1. The van der Waals surface area contributed by atoms with Crippen molar-refractivity contribution >= 4 is 39.7 Å². The van der Waals surface area contributed by atoms with Gasteiger partial charge in [-0.3, -0.25) is 9.59 Å². The molecule has 19 heavy (non-hydrogen) atoms. The van der Waals surface area contributed by atoms with Crippen LogP contribution in [0.2, 0.25) is 0 Å². The second-order valence-electron chi connectivity index (χ2n) is 3.71. The highest BCUT2D eigenvalue weighted by Gasteiger charge is 2.20. The van der Waals surface area contributed by atoms with Crippen LogP contribution >= 0.6 is 22.7 Å². The number of aliphatic carboxylic acids is 1. The lowest BCUT2D eigenvalue weighted by Gasteiger charge is -2.14. The van der Waals surface area contributed by atoms with Gasteiger partial charge in [-0.15, -0.1) is 22.7 Å². The second kappa shape index (κ2) is 5.81. The van der Waals surface area contributed by atoms with Gasteiger partial charge in [0.25, 0.3) is 5.91 Å². The highest BCUT2D eigenvalue weighted by Crippen LogP contribution is 2.23. The summed E-state index contributed by atoms with van der Waals surface area (Å²) < 4.78 is 0. The summed E-state index contributed by atoms with van der Waals surface area (Å²) in [4.78, 5) is 27.4. The monoisotopic (exact) mass is 297 g/mol. The first-order chi connectivity index (χ1) is 9.06. The van der Waals surface area contributed by atoms with Crippen molar-refractivity contribution in [3.8, 4) is 0 Å². The maximum absolute atomic E-state index is 11.9. The minimum Gasteiger partial charge on any atom is -0.481 e. The summed E-state index contributed by atoms with van der Waals surface area (Å²) in [5.41, 5.74) is 5.66. The number of amides is 1. The molecule has 100 valence electrons. The number of anilines is 1. The quantitative estimate of drug-likeness (QED) is 0.779. The molecule has 0 fully saturated rings. The molecule has 8 heteroatoms. The fourth-order valence-electron chi connectivity index (χ4n) is 1.51. The van der Waals surface area contributed by atoms with Crippen molar-refractivity contribution in [3.63, 3.8) is 0 Å². The van der Waals surface area contributed by atoms with Gasteiger partial charge in [0.1, 0.15) is 5.69 Å². The lowest BCUT2D eigenvalue weighted by Crippen LogP contribution is -2.29. The lowest BCUT2D eigenvalue weighted by molar-refractivity contribution is -0.137. The summed E-state index contributed by atoms with van der Waals surface area (Å²) in [5, 5.41) is 15.2. The van der Waals surface area contributed by atoms with E-state index in [2.05, 4.69) is 10.3 Å². The van der Waals surface area contributed by atoms with Crippen LogP contribution in [0.25, 0.3) is 0 Å². The van der Waals surface area contributed by atoms with Gasteiger partial charge in [0.2, 0.25) is 0 Å². The molecule has 4 N–H and O–H groups in total. The third-order valence-electron chi connectivity index (χ3n) is 2.33. The Morgan fingerprint density at radius 1 is 1.47 bits per heavy atom. The maximum Gasteiger partial charge on any atom is 0.305 e. The van der Waals surface area contributed by atoms with Gasteiger partial charge in [0.15, 0.2) is 5.13 Å². The second-order valence-corrected chi connectivity index (χ2v) is 5.58. The average Bonchev–Trinajstić information content (AvgIpc) is 2.97. The van der Waals surface area contributed by atoms with E-state index in [0.717, 1.165) is 16.2 Å². The first kappa shape index (κ1) is 13.5. The Kier molecular flexibility index (Phi) is 4.13. The molecule has 0 spiro atoms. The molecule has 0 radical (unpaired) electrons. The summed E-state index contributed by atoms with van der Waals surface area (Å²) in [5.74, 6) is -1.40. The van der Waals surface area contributed by atoms with Gasteiger partial charge in [0.05, 0.1) is 12.5 Å². The molecule has 6 nitrogen and oxygen atoms in total. The van der Waals surface area contributed by atoms with Gasteiger partial charge in [0, 0.05) is 10.3 Å². The van der Waals surface area contributed by atoms with E-state index in [0.29, 0.717) is 5.13 Å². The van der Waals surface area contributed by atoms with Crippen molar-refractivity contribution in [2.75, 3.05) is 5.73 Å². The number of hydrogen-bond donors (Lipinski definition) is 3. The summed E-state index contributed by atoms with van der Waals surface area (Å²) in [6, 6.07) is 3.03. The topological polar surface area (TPSA) is 105 Å². The number of nitrogens with zero attached hydrogens (tertiary/aromatic N) is 1. The average molecular weight is 297 g/mol. The van der Waals surface area contributed by atoms with Gasteiger partial charge >= 0.3 is 5.97 Å². The third kappa shape index (κ3) is 3.52. The molecule has 0 aliphatic heterocycles. The molecule has 1 atom stereocenters. The zero-order valence-electron chi connectivity index (χ0n) is 9.70. The van der Waals surface area contributed by atoms with E-state index in [1.807, 2.05) is 11.4 Å². The summed E-state index contributed by atoms with van der Waals surface area (Å²) >= 11 is 2.56. The molecule has 0 aliphatic carbocycles. The number of aromatic nitrogens is 1. The largest absolute Gasteiger partial charge is 0.481 e. The number of nitrogens with two attached hydrogens (primary N) is 1. The number of hydrogen-bond acceptors (Lipinski definition) is 6. The standard InChI is InChI=1S/C11H11N3O3S2/c12-11-14-7(5-19-11)10(17)13-6(4-9(15)16)8-2-1-3-18-8/h1-3,5-6H,4H2,(H2,12,14)(H,13,17)(H,15,16). The third-order valence-corrected chi connectivity index (χ3v) is 3.99. The SMILES string of the molecule is Nc1nc(C(=O)NC(CC(=O)O)c2cccs2)cs1. The summed E-state index contributed by atoms with van der Waals surface area (Å²) in [6.07, 6.45) is -0.175. The summed E-state index contributed by atoms with van der Waals surface area (Å²) in [6.45, 7) is 0. The number of rotatable bonds is 5. The van der Waals surface area contributed by atoms with E-state index in [1.165, 1.54) is 16.7 Å². The minimum atomic E-state index is -0.975. The zero-order valence-corrected chi connectivity index (χ0v) is 11.3. The Labute approximate surface area is 116 Å². The number of carbonyl (C=O) groups excluding carboxylic acids is 1. The fraction of sp³-hybridized carbons (Fsp3) is 0.182. The number of nitrogen functional groups attached to an aromatic ring is 1. The van der Waals surface area contributed by atoms with Crippen molar-refractivity contribution in [2.45, 2.75) is 12.5 Å². The van der Waals surface area contributed by atoms with E-state index in [4.69, 9.17) is 10.8 Å². The maximum atomic E-state index is 11.9. The molecule has 2 heterocycles. The van der Waals surface area contributed by atoms with Crippen LogP contribution in [0.5, 0.6) is 0 Å². The van der Waals surface area contributed by atoms with Crippen molar-refractivity contribution < 1.29 is 14.7 Å². The number of carboxylic acid groups (broad SMARTS) is 1. The van der Waals surface area contributed by atoms with Crippen LogP contribution in [0.15, 0.2) is 22.9 Å². The predicted molar refractivity (Wildman–Crippen MR) is 73.3 cm³/mol. The van der Waals surface area contributed by atoms with Crippen LogP contribution in [0.1, 0.15) is 27.8 Å². The molecule has 0 saturated heterocycles. The van der Waals surface area contributed by atoms with Gasteiger partial charge in [-0.25, -0.2) is 4.98 Å². The van der Waals surface area contributed by atoms with Gasteiger partial charge in [-0.1, -0.05) is 6.07 Å². The van der Waals surface area contributed by atoms with Crippen molar-refractivity contribution in [1.82, 2.24) is 10.3 Å². The molecule has 1 amide bonds. The normalized spacial score (nSPS) is 12.0. The Morgan fingerprint density at radius 2 is 2.26 bits per heavy atom. The molecule has 2 aromatic rings. The minimum absolute atomic E-state index is 0.175. The van der Waals surface area contributed by atoms with E-state index in [-0.39, 0.29) is 12.1 Å². The van der Waals surface area contributed by atoms with Crippen molar-refractivity contribution in [3.05, 3.63) is 33.5 Å². The van der Waals surface area contributed by atoms with E-state index >= 15 is 0 Å². The Hall–Kier alpha value is -1.93. The van der Waals surface area contributed by atoms with Gasteiger partial charge in [-0.2, -0.15) is 0 Å². The molecule has 0 saturated carbocycles. The fourth-order valence-corrected chi connectivity index (χ4v) is 2.83. The van der Waals surface area contributed by atoms with E-state index in [9.17, 15) is 9.59 Å². The van der Waals surface area contributed by atoms with E-state index in [1.54, 1.807) is 6.07 Å². The Morgan fingerprint density at radius 3 is 2.79 bits per heavy atom. The van der Waals surface area contributed by atoms with Gasteiger partial charge < -0.3 is 16.2 Å². The Balaban J connectivity index is 2.12. The predicted octanol–water partition coefficient (Wildman–Crippen LogP) is 1.73. The number of carbonyl (C=O) groups is 2. The van der Waals surface area contributed by atoms with Crippen LogP contribution in [-0.4, -0.2) is 22.0 Å². The molecule has 0 aliphatic rings. The number of thiophene rings is 1. The van der Waals surface area contributed by atoms with Crippen LogP contribution in [0.4, 0.5) is 5.13 Å². The molecule has 2 aromatic heterocycles. The number of nitrogens with one attached hydrogen (secondary N) is 1. The molecule has 1 unspecified atom stereocenters. The van der Waals surface area contributed by atoms with Crippen LogP contribution < -0.4 is 11.1 Å². The first-order valence-corrected chi connectivity index (χ1v) is 7.09. The molecule has 2 rings (SSSR count). The van der Waals surface area contributed by atoms with Crippen molar-refractivity contribution in [2.24, 2.45) is 0 Å². The van der Waals surface area contributed by atoms with Gasteiger partial charge in [-0.05, 0) is 11.4 Å². The van der Waals surface area contributed by atoms with E-state index < -0.39 is 17.9 Å². The highest BCUT2D eigenvalue weighted by molar-refractivity contribution is 7.13. The smallest absolute Gasteiger partial charge is 0.305 e. The number of carboxylic acids is 1.